The maximum Gasteiger partial charge on any atom is 0.262 e. The molecule has 7 rings (SSSR count). The molecule has 260 valence electrons. The molecule has 6 aromatic rings. The van der Waals surface area contributed by atoms with E-state index in [4.69, 9.17) is 0 Å². The van der Waals surface area contributed by atoms with Crippen LogP contribution in [0.15, 0.2) is 149 Å². The predicted molar refractivity (Wildman–Crippen MR) is 222 cm³/mol. The number of benzene rings is 5. The Bertz CT molecular complexity index is 2080. The van der Waals surface area contributed by atoms with Crippen LogP contribution in [0.3, 0.4) is 0 Å². The Morgan fingerprint density at radius 3 is 1.78 bits per heavy atom. The van der Waals surface area contributed by atoms with Crippen LogP contribution in [0.2, 0.25) is 5.31 Å². The summed E-state index contributed by atoms with van der Waals surface area (Å²) in [4.78, 5) is 3.40. The van der Waals surface area contributed by atoms with Crippen LogP contribution in [0.4, 0.5) is 5.69 Å². The van der Waals surface area contributed by atoms with E-state index in [1.54, 1.807) is 35.2 Å². The molecule has 0 saturated carbocycles. The summed E-state index contributed by atoms with van der Waals surface area (Å²) in [7, 11) is 0. The Morgan fingerprint density at radius 1 is 0.745 bits per heavy atom. The van der Waals surface area contributed by atoms with E-state index in [1.807, 2.05) is 24.3 Å². The Kier molecular flexibility index (Phi) is 10.8. The molecule has 0 spiro atoms. The zero-order valence-corrected chi connectivity index (χ0v) is 32.0. The minimum absolute atomic E-state index is 0.0874. The second-order valence-corrected chi connectivity index (χ2v) is 16.3. The molecule has 0 bridgehead atoms. The molecular weight excluding hydrogens is 663 g/mol. The van der Waals surface area contributed by atoms with Crippen molar-refractivity contribution in [2.24, 2.45) is 0 Å². The highest BCUT2D eigenvalue weighted by Gasteiger charge is 2.39. The molecule has 0 unspecified atom stereocenters. The van der Waals surface area contributed by atoms with E-state index >= 15 is 0 Å². The van der Waals surface area contributed by atoms with Crippen LogP contribution in [0.5, 0.6) is 11.5 Å². The van der Waals surface area contributed by atoms with Crippen LogP contribution in [0.25, 0.3) is 16.3 Å². The van der Waals surface area contributed by atoms with Crippen molar-refractivity contribution in [1.82, 2.24) is 0 Å². The molecule has 0 saturated heterocycles. The lowest BCUT2D eigenvalue weighted by Crippen LogP contribution is -2.72. The van der Waals surface area contributed by atoms with Crippen molar-refractivity contribution in [2.75, 3.05) is 11.4 Å². The van der Waals surface area contributed by atoms with Gasteiger partial charge in [-0.1, -0.05) is 135 Å². The van der Waals surface area contributed by atoms with Crippen molar-refractivity contribution in [3.8, 4) is 11.5 Å². The number of thioether (sulfide) groups is 1. The Labute approximate surface area is 311 Å². The van der Waals surface area contributed by atoms with Gasteiger partial charge in [0, 0.05) is 23.6 Å². The normalized spacial score (nSPS) is 14.0. The third-order valence-corrected chi connectivity index (χ3v) is 12.2. The lowest BCUT2D eigenvalue weighted by molar-refractivity contribution is -0.665. The van der Waals surface area contributed by atoms with E-state index in [0.717, 1.165) is 29.9 Å². The number of hydrogen-bond acceptors (Lipinski definition) is 5. The highest BCUT2D eigenvalue weighted by Crippen LogP contribution is 2.47. The number of phenolic OH excluding ortho intramolecular Hbond substituents is 2. The topological polar surface area (TPSA) is 47.6 Å². The summed E-state index contributed by atoms with van der Waals surface area (Å²) in [6.45, 7) is 15.1. The van der Waals surface area contributed by atoms with E-state index in [0.29, 0.717) is 11.5 Å². The molecule has 2 N–H and O–H groups in total. The van der Waals surface area contributed by atoms with Crippen LogP contribution in [-0.2, 0) is 6.54 Å². The molecule has 1 aromatic heterocycles. The number of nitrogens with zero attached hydrogens (tertiary/aromatic N) is 2. The second kappa shape index (κ2) is 15.3. The van der Waals surface area contributed by atoms with Gasteiger partial charge in [0.2, 0.25) is 5.52 Å². The number of anilines is 1. The second-order valence-electron chi connectivity index (χ2n) is 14.2. The fourth-order valence-corrected chi connectivity index (χ4v) is 10.2. The minimum atomic E-state index is -1.06. The average Bonchev–Trinajstić information content (AvgIpc) is 3.64. The van der Waals surface area contributed by atoms with Crippen LogP contribution in [-0.4, -0.2) is 22.9 Å². The van der Waals surface area contributed by atoms with Gasteiger partial charge in [-0.25, -0.2) is 0 Å². The van der Waals surface area contributed by atoms with Crippen molar-refractivity contribution in [2.45, 2.75) is 58.3 Å². The summed E-state index contributed by atoms with van der Waals surface area (Å²) >= 11 is 3.46. The van der Waals surface area contributed by atoms with E-state index < -0.39 is 6.15 Å². The van der Waals surface area contributed by atoms with Gasteiger partial charge in [0.15, 0.2) is 0 Å². The maximum atomic E-state index is 9.83. The number of thiazole rings is 1. The smallest absolute Gasteiger partial charge is 0.262 e. The molecule has 4 nitrogen and oxygen atoms in total. The summed E-state index contributed by atoms with van der Waals surface area (Å²) < 4.78 is 3.40. The first kappa shape index (κ1) is 36.1. The molecule has 0 amide bonds. The molecule has 0 atom stereocenters. The summed E-state index contributed by atoms with van der Waals surface area (Å²) in [5, 5.41) is 22.1. The van der Waals surface area contributed by atoms with Crippen LogP contribution < -0.4 is 25.9 Å². The van der Waals surface area contributed by atoms with E-state index in [2.05, 4.69) is 154 Å². The zero-order valence-electron chi connectivity index (χ0n) is 30.4. The molecule has 2 heterocycles. The van der Waals surface area contributed by atoms with Crippen molar-refractivity contribution in [1.29, 1.82) is 0 Å². The summed E-state index contributed by atoms with van der Waals surface area (Å²) in [6.07, 6.45) is 3.35. The molecule has 1 aliphatic heterocycles. The van der Waals surface area contributed by atoms with Crippen molar-refractivity contribution < 1.29 is 14.8 Å². The third-order valence-electron chi connectivity index (χ3n) is 9.96. The lowest BCUT2D eigenvalue weighted by atomic mass is 9.07. The van der Waals surface area contributed by atoms with Gasteiger partial charge >= 0.3 is 0 Å². The minimum Gasteiger partial charge on any atom is -0.508 e. The van der Waals surface area contributed by atoms with Crippen molar-refractivity contribution in [3.63, 3.8) is 0 Å². The molecular formula is C44H47BN2O2S2. The highest BCUT2D eigenvalue weighted by atomic mass is 32.2. The number of rotatable bonds is 7. The molecule has 0 fully saturated rings. The summed E-state index contributed by atoms with van der Waals surface area (Å²) in [5.74, 6) is 0.590. The number of hydrogen-bond donors (Lipinski definition) is 2. The predicted octanol–water partition coefficient (Wildman–Crippen LogP) is 9.45. The molecule has 7 heteroatoms. The molecule has 51 heavy (non-hydrogen) atoms. The summed E-state index contributed by atoms with van der Waals surface area (Å²) in [6, 6.07) is 44.0. The first-order valence-corrected chi connectivity index (χ1v) is 19.4. The number of phenols is 2. The first-order chi connectivity index (χ1) is 24.6. The third kappa shape index (κ3) is 7.24. The fraction of sp³-hybridized carbons (Fsp3) is 0.205. The lowest BCUT2D eigenvalue weighted by Gasteiger charge is -2.54. The van der Waals surface area contributed by atoms with E-state index in [9.17, 15) is 10.2 Å². The van der Waals surface area contributed by atoms with Gasteiger partial charge in [0.1, 0.15) is 22.7 Å². The standard InChI is InChI=1S/C22H24B.C22H22N2O2S2/c1-22(2,3)23(19-13-7-4-8-14-19,20-15-9-5-10-16-20)21-17-11-6-12-18-21;1-4-23-17-12-15(25)6-8-19(17)27-21(23)10-14(3)11-22-24(5-2)18-13-16(26)7-9-20(18)28-22/h4-18H,1-3H3;6-13H,4-5H2,1-3H3,(H-,25,26)/q-1;/p+1. The SMILES string of the molecule is CC(C)(C)[B-](c1ccccc1)(c1ccccc1)c1ccccc1.CCN1/C(=C/C(C)=C/c2sc3ccc(O)cc3[n+]2CC)Sc2ccc(O)cc21. The molecule has 0 radical (unpaired) electrons. The van der Waals surface area contributed by atoms with Gasteiger partial charge in [-0.3, -0.25) is 0 Å². The number of fused-ring (bicyclic) bond motifs is 2. The number of aromatic nitrogens is 1. The van der Waals surface area contributed by atoms with Gasteiger partial charge in [-0.2, -0.15) is 21.0 Å². The molecule has 5 aromatic carbocycles. The number of aryl methyl sites for hydroxylation is 1. The molecule has 1 aliphatic rings. The van der Waals surface area contributed by atoms with Crippen LogP contribution >= 0.6 is 23.1 Å². The van der Waals surface area contributed by atoms with E-state index in [-0.39, 0.29) is 5.31 Å². The first-order valence-electron chi connectivity index (χ1n) is 17.7. The van der Waals surface area contributed by atoms with Gasteiger partial charge in [0.05, 0.1) is 22.9 Å². The van der Waals surface area contributed by atoms with Crippen molar-refractivity contribution in [3.05, 3.63) is 149 Å². The van der Waals surface area contributed by atoms with Crippen LogP contribution in [0, 0.1) is 0 Å². The van der Waals surface area contributed by atoms with Crippen LogP contribution in [0.1, 0.15) is 46.6 Å². The highest BCUT2D eigenvalue weighted by molar-refractivity contribution is 8.03. The number of allylic oxidation sites excluding steroid dienone is 2. The van der Waals surface area contributed by atoms with Gasteiger partial charge in [0.25, 0.3) is 5.01 Å². The quantitative estimate of drug-likeness (QED) is 0.128. The maximum absolute atomic E-state index is 9.83. The van der Waals surface area contributed by atoms with Gasteiger partial charge in [-0.15, -0.1) is 5.31 Å². The fourth-order valence-electron chi connectivity index (χ4n) is 7.78. The average molecular weight is 711 g/mol. The van der Waals surface area contributed by atoms with E-state index in [1.165, 1.54) is 36.0 Å². The van der Waals surface area contributed by atoms with Gasteiger partial charge in [-0.05, 0) is 56.7 Å². The van der Waals surface area contributed by atoms with Gasteiger partial charge < -0.3 is 15.1 Å². The monoisotopic (exact) mass is 710 g/mol. The largest absolute Gasteiger partial charge is 0.508 e. The molecule has 0 aliphatic carbocycles. The number of aromatic hydroxyl groups is 2. The van der Waals surface area contributed by atoms with Crippen molar-refractivity contribution >= 4 is 67.6 Å². The summed E-state index contributed by atoms with van der Waals surface area (Å²) in [5.41, 5.74) is 7.49. The zero-order chi connectivity index (χ0) is 36.2. The Hall–Kier alpha value is -4.72. The Morgan fingerprint density at radius 2 is 1.27 bits per heavy atom. The Balaban J connectivity index is 0.000000179.